The SMILES string of the molecule is COC(=O)c1ccc(OC)nc1Nc1cccc(CNC(=O)OC(C)(C)C)c1. The second kappa shape index (κ2) is 9.07. The van der Waals surface area contributed by atoms with Gasteiger partial charge >= 0.3 is 12.1 Å². The van der Waals surface area contributed by atoms with Crippen LogP contribution in [-0.2, 0) is 16.0 Å². The van der Waals surface area contributed by atoms with E-state index in [2.05, 4.69) is 15.6 Å². The van der Waals surface area contributed by atoms with Gasteiger partial charge in [-0.1, -0.05) is 12.1 Å². The number of anilines is 2. The molecule has 1 amide bonds. The highest BCUT2D eigenvalue weighted by molar-refractivity contribution is 5.95. The summed E-state index contributed by atoms with van der Waals surface area (Å²) in [5.41, 5.74) is 1.25. The zero-order chi connectivity index (χ0) is 20.7. The first kappa shape index (κ1) is 21.0. The van der Waals surface area contributed by atoms with Crippen molar-refractivity contribution in [2.45, 2.75) is 32.9 Å². The highest BCUT2D eigenvalue weighted by Gasteiger charge is 2.16. The van der Waals surface area contributed by atoms with Gasteiger partial charge in [-0.15, -0.1) is 0 Å². The maximum Gasteiger partial charge on any atom is 0.407 e. The van der Waals surface area contributed by atoms with Crippen LogP contribution < -0.4 is 15.4 Å². The first-order chi connectivity index (χ1) is 13.2. The monoisotopic (exact) mass is 387 g/mol. The van der Waals surface area contributed by atoms with Crippen LogP contribution in [-0.4, -0.2) is 36.9 Å². The number of esters is 1. The Morgan fingerprint density at radius 3 is 2.50 bits per heavy atom. The molecule has 2 aromatic rings. The Labute approximate surface area is 164 Å². The second-order valence-corrected chi connectivity index (χ2v) is 6.92. The Bertz CT molecular complexity index is 846. The fraction of sp³-hybridized carbons (Fsp3) is 0.350. The minimum Gasteiger partial charge on any atom is -0.481 e. The Kier molecular flexibility index (Phi) is 6.81. The van der Waals surface area contributed by atoms with Gasteiger partial charge in [0.25, 0.3) is 0 Å². The van der Waals surface area contributed by atoms with E-state index in [0.29, 0.717) is 23.9 Å². The Hall–Kier alpha value is -3.29. The van der Waals surface area contributed by atoms with Crippen molar-refractivity contribution >= 4 is 23.6 Å². The molecule has 0 aliphatic heterocycles. The van der Waals surface area contributed by atoms with Crippen molar-refractivity contribution in [3.05, 3.63) is 47.5 Å². The molecule has 8 nitrogen and oxygen atoms in total. The van der Waals surface area contributed by atoms with E-state index in [1.165, 1.54) is 14.2 Å². The average Bonchev–Trinajstić information content (AvgIpc) is 2.64. The topological polar surface area (TPSA) is 98.8 Å². The quantitative estimate of drug-likeness (QED) is 0.730. The molecule has 2 N–H and O–H groups in total. The number of nitrogens with zero attached hydrogens (tertiary/aromatic N) is 1. The standard InChI is InChI=1S/C20H25N3O5/c1-20(2,3)28-19(25)21-12-13-7-6-8-14(11-13)22-17-15(18(24)27-5)9-10-16(23-17)26-4/h6-11H,12H2,1-5H3,(H,21,25)(H,22,23). The summed E-state index contributed by atoms with van der Waals surface area (Å²) in [5, 5.41) is 5.80. The van der Waals surface area contributed by atoms with Crippen molar-refractivity contribution in [2.24, 2.45) is 0 Å². The van der Waals surface area contributed by atoms with E-state index < -0.39 is 17.7 Å². The van der Waals surface area contributed by atoms with Crippen LogP contribution in [0.5, 0.6) is 5.88 Å². The van der Waals surface area contributed by atoms with Crippen molar-refractivity contribution < 1.29 is 23.8 Å². The molecule has 0 bridgehead atoms. The van der Waals surface area contributed by atoms with Gasteiger partial charge in [0.2, 0.25) is 5.88 Å². The maximum atomic E-state index is 12.0. The average molecular weight is 387 g/mol. The van der Waals surface area contributed by atoms with Gasteiger partial charge in [-0.25, -0.2) is 9.59 Å². The fourth-order valence-electron chi connectivity index (χ4n) is 2.31. The first-order valence-corrected chi connectivity index (χ1v) is 8.68. The third kappa shape index (κ3) is 6.15. The number of carbonyl (C=O) groups is 2. The van der Waals surface area contributed by atoms with E-state index in [4.69, 9.17) is 14.2 Å². The highest BCUT2D eigenvalue weighted by atomic mass is 16.6. The van der Waals surface area contributed by atoms with Crippen molar-refractivity contribution in [3.8, 4) is 5.88 Å². The number of pyridine rings is 1. The smallest absolute Gasteiger partial charge is 0.407 e. The highest BCUT2D eigenvalue weighted by Crippen LogP contribution is 2.23. The Balaban J connectivity index is 2.14. The molecule has 1 aromatic heterocycles. The molecule has 0 radical (unpaired) electrons. The molecule has 28 heavy (non-hydrogen) atoms. The zero-order valence-electron chi connectivity index (χ0n) is 16.7. The molecule has 0 saturated carbocycles. The number of rotatable bonds is 6. The number of methoxy groups -OCH3 is 2. The summed E-state index contributed by atoms with van der Waals surface area (Å²) in [4.78, 5) is 28.1. The fourth-order valence-corrected chi connectivity index (χ4v) is 2.31. The van der Waals surface area contributed by atoms with E-state index in [-0.39, 0.29) is 5.56 Å². The molecule has 0 saturated heterocycles. The van der Waals surface area contributed by atoms with E-state index in [1.54, 1.807) is 32.9 Å². The van der Waals surface area contributed by atoms with Crippen molar-refractivity contribution in [3.63, 3.8) is 0 Å². The normalized spacial score (nSPS) is 10.8. The van der Waals surface area contributed by atoms with Gasteiger partial charge in [-0.3, -0.25) is 0 Å². The van der Waals surface area contributed by atoms with Crippen LogP contribution in [0.3, 0.4) is 0 Å². The van der Waals surface area contributed by atoms with Crippen LogP contribution in [0.25, 0.3) is 0 Å². The van der Waals surface area contributed by atoms with Gasteiger partial charge in [0.05, 0.1) is 14.2 Å². The zero-order valence-corrected chi connectivity index (χ0v) is 16.7. The van der Waals surface area contributed by atoms with Crippen LogP contribution >= 0.6 is 0 Å². The van der Waals surface area contributed by atoms with Crippen molar-refractivity contribution in [2.75, 3.05) is 19.5 Å². The van der Waals surface area contributed by atoms with Gasteiger partial charge in [0, 0.05) is 18.3 Å². The number of benzene rings is 1. The lowest BCUT2D eigenvalue weighted by atomic mass is 10.2. The number of aromatic nitrogens is 1. The van der Waals surface area contributed by atoms with Gasteiger partial charge < -0.3 is 24.8 Å². The summed E-state index contributed by atoms with van der Waals surface area (Å²) in [6.45, 7) is 5.70. The molecule has 150 valence electrons. The number of nitrogens with one attached hydrogen (secondary N) is 2. The van der Waals surface area contributed by atoms with E-state index >= 15 is 0 Å². The molecule has 0 spiro atoms. The summed E-state index contributed by atoms with van der Waals surface area (Å²) >= 11 is 0. The molecule has 1 aromatic carbocycles. The van der Waals surface area contributed by atoms with Gasteiger partial charge in [-0.05, 0) is 44.5 Å². The third-order valence-corrected chi connectivity index (χ3v) is 3.51. The van der Waals surface area contributed by atoms with Gasteiger partial charge in [0.1, 0.15) is 17.0 Å². The summed E-state index contributed by atoms with van der Waals surface area (Å²) in [7, 11) is 2.80. The molecular formula is C20H25N3O5. The lowest BCUT2D eigenvalue weighted by molar-refractivity contribution is 0.0522. The molecule has 0 aliphatic rings. The summed E-state index contributed by atoms with van der Waals surface area (Å²) in [6, 6.07) is 10.5. The van der Waals surface area contributed by atoms with Crippen LogP contribution in [0.1, 0.15) is 36.7 Å². The minimum atomic E-state index is -0.560. The number of hydrogen-bond acceptors (Lipinski definition) is 7. The molecule has 0 fully saturated rings. The summed E-state index contributed by atoms with van der Waals surface area (Å²) < 4.78 is 15.1. The van der Waals surface area contributed by atoms with Crippen LogP contribution in [0.4, 0.5) is 16.3 Å². The maximum absolute atomic E-state index is 12.0. The Morgan fingerprint density at radius 2 is 1.86 bits per heavy atom. The molecule has 0 unspecified atom stereocenters. The first-order valence-electron chi connectivity index (χ1n) is 8.68. The lowest BCUT2D eigenvalue weighted by Crippen LogP contribution is -2.32. The van der Waals surface area contributed by atoms with E-state index in [0.717, 1.165) is 5.56 Å². The van der Waals surface area contributed by atoms with Crippen LogP contribution in [0, 0.1) is 0 Å². The summed E-state index contributed by atoms with van der Waals surface area (Å²) in [5.74, 6) is 0.154. The predicted octanol–water partition coefficient (Wildman–Crippen LogP) is 3.65. The number of carbonyl (C=O) groups excluding carboxylic acids is 2. The van der Waals surface area contributed by atoms with Crippen LogP contribution in [0.2, 0.25) is 0 Å². The van der Waals surface area contributed by atoms with E-state index in [1.807, 2.05) is 24.3 Å². The summed E-state index contributed by atoms with van der Waals surface area (Å²) in [6.07, 6.45) is -0.492. The second-order valence-electron chi connectivity index (χ2n) is 6.92. The van der Waals surface area contributed by atoms with Gasteiger partial charge in [0.15, 0.2) is 0 Å². The predicted molar refractivity (Wildman–Crippen MR) is 105 cm³/mol. The molecule has 0 aliphatic carbocycles. The van der Waals surface area contributed by atoms with Gasteiger partial charge in [-0.2, -0.15) is 4.98 Å². The Morgan fingerprint density at radius 1 is 1.11 bits per heavy atom. The number of alkyl carbamates (subject to hydrolysis) is 1. The minimum absolute atomic E-state index is 0.278. The molecule has 8 heteroatoms. The van der Waals surface area contributed by atoms with Crippen LogP contribution in [0.15, 0.2) is 36.4 Å². The molecule has 2 rings (SSSR count). The van der Waals surface area contributed by atoms with Crippen molar-refractivity contribution in [1.82, 2.24) is 10.3 Å². The number of ether oxygens (including phenoxy) is 3. The molecular weight excluding hydrogens is 362 g/mol. The lowest BCUT2D eigenvalue weighted by Gasteiger charge is -2.19. The van der Waals surface area contributed by atoms with E-state index in [9.17, 15) is 9.59 Å². The molecule has 0 atom stereocenters. The largest absolute Gasteiger partial charge is 0.481 e. The molecule has 1 heterocycles. The number of amides is 1. The third-order valence-electron chi connectivity index (χ3n) is 3.51. The number of hydrogen-bond donors (Lipinski definition) is 2. The van der Waals surface area contributed by atoms with Crippen molar-refractivity contribution in [1.29, 1.82) is 0 Å².